The lowest BCUT2D eigenvalue weighted by atomic mass is 9.77. The Morgan fingerprint density at radius 2 is 1.71 bits per heavy atom. The highest BCUT2D eigenvalue weighted by Gasteiger charge is 2.43. The minimum atomic E-state index is -4.75. The first kappa shape index (κ1) is 30.1. The van der Waals surface area contributed by atoms with E-state index in [0.717, 1.165) is 32.7 Å². The number of hydrogen-bond donors (Lipinski definition) is 7. The molecule has 1 saturated heterocycles. The molecule has 1 aliphatic heterocycles. The van der Waals surface area contributed by atoms with Crippen molar-refractivity contribution in [2.24, 2.45) is 0 Å². The Bertz CT molecular complexity index is 2000. The summed E-state index contributed by atoms with van der Waals surface area (Å²) in [5, 5.41) is 51.1. The van der Waals surface area contributed by atoms with Gasteiger partial charge in [-0.2, -0.15) is 0 Å². The van der Waals surface area contributed by atoms with Crippen LogP contribution in [0, 0.1) is 13.8 Å². The van der Waals surface area contributed by atoms with Crippen molar-refractivity contribution >= 4 is 46.3 Å². The van der Waals surface area contributed by atoms with E-state index in [4.69, 9.17) is 14.5 Å². The molecule has 7 N–H and O–H groups in total. The normalized spacial score (nSPS) is 27.0. The van der Waals surface area contributed by atoms with Gasteiger partial charge < -0.3 is 40.3 Å². The van der Waals surface area contributed by atoms with E-state index in [-0.39, 0.29) is 12.2 Å². The summed E-state index contributed by atoms with van der Waals surface area (Å²) in [6, 6.07) is 10.9. The van der Waals surface area contributed by atoms with Crippen LogP contribution in [-0.4, -0.2) is 80.8 Å². The molecule has 236 valence electrons. The minimum Gasteiger partial charge on any atom is -0.390 e. The summed E-state index contributed by atoms with van der Waals surface area (Å²) < 4.78 is 23.1. The summed E-state index contributed by atoms with van der Waals surface area (Å²) in [5.41, 5.74) is 3.81. The van der Waals surface area contributed by atoms with Crippen LogP contribution >= 0.6 is 7.82 Å². The molecule has 2 aromatic heterocycles. The molecule has 7 atom stereocenters. The van der Waals surface area contributed by atoms with E-state index in [1.807, 2.05) is 38.1 Å². The molecular formula is C30H32N5O9P. The maximum atomic E-state index is 11.4. The quantitative estimate of drug-likeness (QED) is 0.105. The molecule has 45 heavy (non-hydrogen) atoms. The van der Waals surface area contributed by atoms with Crippen molar-refractivity contribution in [3.8, 4) is 0 Å². The second-order valence-corrected chi connectivity index (χ2v) is 12.8. The molecule has 0 radical (unpaired) electrons. The number of aliphatic hydroxyl groups is 4. The monoisotopic (exact) mass is 637 g/mol. The molecule has 0 saturated carbocycles. The number of nitrogens with zero attached hydrogens (tertiary/aromatic N) is 4. The van der Waals surface area contributed by atoms with Crippen LogP contribution in [-0.2, 0) is 13.8 Å². The Kier molecular flexibility index (Phi) is 7.40. The first-order valence-corrected chi connectivity index (χ1v) is 15.9. The predicted molar refractivity (Wildman–Crippen MR) is 162 cm³/mol. The second kappa shape index (κ2) is 11.1. The maximum absolute atomic E-state index is 11.4. The third kappa shape index (κ3) is 4.99. The zero-order chi connectivity index (χ0) is 31.8. The molecule has 0 spiro atoms. The van der Waals surface area contributed by atoms with Gasteiger partial charge in [-0.3, -0.25) is 9.09 Å². The number of phosphoric acid groups is 1. The van der Waals surface area contributed by atoms with Crippen LogP contribution in [0.2, 0.25) is 0 Å². The SMILES string of the molecule is Cc1c2ccccc2c(C)c2c3c(ccc12)[C@@H](O)[C@H](O)[C@H](O)[C@H]3Nc1ncnc2c1ncn2C1CC(O)C(COP(=O)(O)O)O1. The van der Waals surface area contributed by atoms with E-state index in [9.17, 15) is 25.0 Å². The fourth-order valence-corrected chi connectivity index (χ4v) is 7.12. The van der Waals surface area contributed by atoms with Gasteiger partial charge in [0.05, 0.1) is 25.1 Å². The molecule has 5 aromatic rings. The van der Waals surface area contributed by atoms with Crippen molar-refractivity contribution in [3.63, 3.8) is 0 Å². The molecule has 1 aliphatic carbocycles. The van der Waals surface area contributed by atoms with E-state index in [1.165, 1.54) is 12.7 Å². The van der Waals surface area contributed by atoms with Crippen molar-refractivity contribution in [2.45, 2.75) is 63.1 Å². The number of rotatable bonds is 6. The first-order valence-electron chi connectivity index (χ1n) is 14.4. The smallest absolute Gasteiger partial charge is 0.390 e. The third-order valence-electron chi connectivity index (χ3n) is 9.01. The van der Waals surface area contributed by atoms with Gasteiger partial charge in [0.2, 0.25) is 0 Å². The molecule has 7 rings (SSSR count). The number of nitrogens with one attached hydrogen (secondary N) is 1. The van der Waals surface area contributed by atoms with Crippen LogP contribution in [0.4, 0.5) is 5.82 Å². The number of ether oxygens (including phenoxy) is 1. The summed E-state index contributed by atoms with van der Waals surface area (Å²) in [4.78, 5) is 31.3. The van der Waals surface area contributed by atoms with Crippen LogP contribution in [0.3, 0.4) is 0 Å². The number of benzene rings is 3. The number of aromatic nitrogens is 4. The zero-order valence-corrected chi connectivity index (χ0v) is 25.1. The Morgan fingerprint density at radius 1 is 0.978 bits per heavy atom. The Hall–Kier alpha value is -3.56. The number of imidazole rings is 1. The van der Waals surface area contributed by atoms with Crippen molar-refractivity contribution in [2.75, 3.05) is 11.9 Å². The van der Waals surface area contributed by atoms with E-state index in [2.05, 4.69) is 30.9 Å². The Labute approximate surface area is 256 Å². The summed E-state index contributed by atoms with van der Waals surface area (Å²) in [5.74, 6) is 0.254. The lowest BCUT2D eigenvalue weighted by Gasteiger charge is -2.39. The fraction of sp³-hybridized carbons (Fsp3) is 0.367. The van der Waals surface area contributed by atoms with Crippen LogP contribution < -0.4 is 5.32 Å². The fourth-order valence-electron chi connectivity index (χ4n) is 6.78. The van der Waals surface area contributed by atoms with Crippen molar-refractivity contribution < 1.29 is 44.0 Å². The molecular weight excluding hydrogens is 605 g/mol. The van der Waals surface area contributed by atoms with Gasteiger partial charge in [-0.1, -0.05) is 36.4 Å². The summed E-state index contributed by atoms with van der Waals surface area (Å²) in [7, 11) is -4.75. The van der Waals surface area contributed by atoms with Gasteiger partial charge in [0.25, 0.3) is 0 Å². The summed E-state index contributed by atoms with van der Waals surface area (Å²) in [6.45, 7) is 3.53. The van der Waals surface area contributed by atoms with Crippen molar-refractivity contribution in [3.05, 3.63) is 71.3 Å². The third-order valence-corrected chi connectivity index (χ3v) is 9.50. The Morgan fingerprint density at radius 3 is 2.44 bits per heavy atom. The molecule has 0 bridgehead atoms. The van der Waals surface area contributed by atoms with Gasteiger partial charge in [-0.05, 0) is 57.6 Å². The number of phosphoric ester groups is 1. The molecule has 3 heterocycles. The van der Waals surface area contributed by atoms with E-state index in [1.54, 1.807) is 10.6 Å². The molecule has 15 heteroatoms. The molecule has 0 amide bonds. The second-order valence-electron chi connectivity index (χ2n) is 11.6. The molecule has 3 unspecified atom stereocenters. The molecule has 14 nitrogen and oxygen atoms in total. The lowest BCUT2D eigenvalue weighted by Crippen LogP contribution is -2.44. The number of aliphatic hydroxyl groups excluding tert-OH is 4. The number of fused-ring (bicyclic) bond motifs is 5. The summed E-state index contributed by atoms with van der Waals surface area (Å²) >= 11 is 0. The average molecular weight is 638 g/mol. The highest BCUT2D eigenvalue weighted by atomic mass is 31.2. The van der Waals surface area contributed by atoms with Gasteiger partial charge >= 0.3 is 7.82 Å². The topological polar surface area (TPSA) is 213 Å². The van der Waals surface area contributed by atoms with Gasteiger partial charge in [-0.15, -0.1) is 0 Å². The number of aryl methyl sites for hydroxylation is 2. The zero-order valence-electron chi connectivity index (χ0n) is 24.2. The standard InChI is InChI=1S/C30H32N5O9P/c1-13-15-5-3-4-6-16(15)14(2)22-17(13)7-8-18-23(22)24(27(38)28(39)26(18)37)34-29-25-30(32-11-31-29)35(12-33-25)21-9-19(36)20(44-21)10-43-45(40,41)42/h3-8,11-12,19-21,24,26-28,36-39H,9-10H2,1-2H3,(H,31,32,34)(H2,40,41,42)/t19?,20?,21?,24-,26+,27+,28-/m0/s1. The van der Waals surface area contributed by atoms with Crippen LogP contribution in [0.15, 0.2) is 49.1 Å². The van der Waals surface area contributed by atoms with Crippen LogP contribution in [0.25, 0.3) is 32.7 Å². The van der Waals surface area contributed by atoms with E-state index in [0.29, 0.717) is 22.3 Å². The Balaban J connectivity index is 1.30. The van der Waals surface area contributed by atoms with Crippen molar-refractivity contribution in [1.82, 2.24) is 19.5 Å². The molecule has 1 fully saturated rings. The van der Waals surface area contributed by atoms with Crippen LogP contribution in [0.5, 0.6) is 0 Å². The molecule has 3 aromatic carbocycles. The first-order chi connectivity index (χ1) is 21.4. The van der Waals surface area contributed by atoms with E-state index >= 15 is 0 Å². The maximum Gasteiger partial charge on any atom is 0.469 e. The van der Waals surface area contributed by atoms with Gasteiger partial charge in [0.1, 0.15) is 37.0 Å². The largest absolute Gasteiger partial charge is 0.469 e. The predicted octanol–water partition coefficient (Wildman–Crippen LogP) is 2.43. The van der Waals surface area contributed by atoms with Gasteiger partial charge in [0, 0.05) is 6.42 Å². The van der Waals surface area contributed by atoms with Gasteiger partial charge in [0.15, 0.2) is 17.0 Å². The van der Waals surface area contributed by atoms with E-state index < -0.39 is 57.2 Å². The number of anilines is 1. The summed E-state index contributed by atoms with van der Waals surface area (Å²) in [6.07, 6.45) is -4.19. The number of hydrogen-bond acceptors (Lipinski definition) is 11. The molecule has 2 aliphatic rings. The van der Waals surface area contributed by atoms with Crippen LogP contribution in [0.1, 0.15) is 47.0 Å². The lowest BCUT2D eigenvalue weighted by molar-refractivity contribution is -0.0766. The minimum absolute atomic E-state index is 0.0881. The van der Waals surface area contributed by atoms with Crippen molar-refractivity contribution in [1.29, 1.82) is 0 Å². The average Bonchev–Trinajstić information content (AvgIpc) is 3.62. The highest BCUT2D eigenvalue weighted by Crippen LogP contribution is 2.46. The highest BCUT2D eigenvalue weighted by molar-refractivity contribution is 7.46. The van der Waals surface area contributed by atoms with Gasteiger partial charge in [-0.25, -0.2) is 19.5 Å².